The molecule has 0 amide bonds. The van der Waals surface area contributed by atoms with Crippen molar-refractivity contribution in [1.29, 1.82) is 0 Å². The van der Waals surface area contributed by atoms with E-state index in [9.17, 15) is 9.90 Å². The molecule has 4 heteroatoms. The first-order valence-electron chi connectivity index (χ1n) is 8.17. The van der Waals surface area contributed by atoms with Gasteiger partial charge in [0.1, 0.15) is 17.1 Å². The summed E-state index contributed by atoms with van der Waals surface area (Å²) in [4.78, 5) is 12.8. The van der Waals surface area contributed by atoms with Crippen LogP contribution in [0.15, 0.2) is 77.2 Å². The van der Waals surface area contributed by atoms with Crippen LogP contribution in [0.25, 0.3) is 22.1 Å². The highest BCUT2D eigenvalue weighted by Crippen LogP contribution is 2.38. The van der Waals surface area contributed by atoms with Crippen LogP contribution in [0, 0.1) is 0 Å². The highest BCUT2D eigenvalue weighted by atomic mass is 16.5. The Morgan fingerprint density at radius 1 is 0.962 bits per heavy atom. The zero-order valence-corrected chi connectivity index (χ0v) is 14.1. The van der Waals surface area contributed by atoms with E-state index in [0.29, 0.717) is 27.8 Å². The topological polar surface area (TPSA) is 59.7 Å². The first-order chi connectivity index (χ1) is 12.7. The van der Waals surface area contributed by atoms with Crippen LogP contribution in [0.5, 0.6) is 11.5 Å². The van der Waals surface area contributed by atoms with E-state index >= 15 is 0 Å². The Morgan fingerprint density at radius 2 is 1.69 bits per heavy atom. The van der Waals surface area contributed by atoms with Crippen molar-refractivity contribution in [2.45, 2.75) is 0 Å². The number of hydrogen-bond acceptors (Lipinski definition) is 4. The molecule has 0 atom stereocenters. The number of methoxy groups -OCH3 is 1. The average Bonchev–Trinajstić information content (AvgIpc) is 3.12. The van der Waals surface area contributed by atoms with Crippen LogP contribution in [0.3, 0.4) is 0 Å². The number of phenols is 1. The summed E-state index contributed by atoms with van der Waals surface area (Å²) in [7, 11) is 1.58. The Bertz CT molecular complexity index is 1080. The number of aromatic hydroxyl groups is 1. The highest BCUT2D eigenvalue weighted by molar-refractivity contribution is 6.10. The van der Waals surface area contributed by atoms with Crippen molar-refractivity contribution in [2.75, 3.05) is 7.11 Å². The Hall–Kier alpha value is -3.53. The minimum Gasteiger partial charge on any atom is -0.507 e. The third-order valence-electron chi connectivity index (χ3n) is 4.32. The number of rotatable bonds is 4. The van der Waals surface area contributed by atoms with Gasteiger partial charge >= 0.3 is 0 Å². The lowest BCUT2D eigenvalue weighted by molar-refractivity contribution is 0.101. The minimum atomic E-state index is -0.220. The molecule has 1 aromatic heterocycles. The van der Waals surface area contributed by atoms with Crippen LogP contribution in [0.1, 0.15) is 16.1 Å². The number of carbonyl (C=O) groups excluding carboxylic acids is 1. The van der Waals surface area contributed by atoms with Crippen LogP contribution < -0.4 is 4.74 Å². The minimum absolute atomic E-state index is 0.146. The zero-order valence-electron chi connectivity index (χ0n) is 14.1. The van der Waals surface area contributed by atoms with Crippen molar-refractivity contribution in [3.05, 3.63) is 84.1 Å². The fourth-order valence-corrected chi connectivity index (χ4v) is 3.00. The fraction of sp³-hybridized carbons (Fsp3) is 0.0455. The van der Waals surface area contributed by atoms with Gasteiger partial charge in [-0.15, -0.1) is 0 Å². The first kappa shape index (κ1) is 16.0. The fourth-order valence-electron chi connectivity index (χ4n) is 3.00. The SMILES string of the molecule is COc1ccc(C(=O)c2cc3c(-c4ccccc4)c(O)ccc3o2)cc1. The maximum absolute atomic E-state index is 12.8. The molecule has 0 saturated carbocycles. The Morgan fingerprint density at radius 3 is 2.38 bits per heavy atom. The predicted molar refractivity (Wildman–Crippen MR) is 99.7 cm³/mol. The number of phenolic OH excluding ortho intramolecular Hbond substituents is 1. The quantitative estimate of drug-likeness (QED) is 0.527. The highest BCUT2D eigenvalue weighted by Gasteiger charge is 2.18. The molecule has 0 aliphatic heterocycles. The molecular formula is C22H16O4. The van der Waals surface area contributed by atoms with Crippen LogP contribution in [-0.4, -0.2) is 18.0 Å². The molecule has 26 heavy (non-hydrogen) atoms. The van der Waals surface area contributed by atoms with Gasteiger partial charge in [-0.05, 0) is 48.0 Å². The summed E-state index contributed by atoms with van der Waals surface area (Å²) in [6.45, 7) is 0. The summed E-state index contributed by atoms with van der Waals surface area (Å²) in [5.74, 6) is 0.839. The smallest absolute Gasteiger partial charge is 0.228 e. The molecule has 0 aliphatic rings. The molecule has 4 rings (SSSR count). The third-order valence-corrected chi connectivity index (χ3v) is 4.32. The molecule has 128 valence electrons. The van der Waals surface area contributed by atoms with Crippen LogP contribution in [-0.2, 0) is 0 Å². The van der Waals surface area contributed by atoms with E-state index in [1.54, 1.807) is 49.6 Å². The molecule has 0 spiro atoms. The van der Waals surface area contributed by atoms with E-state index in [-0.39, 0.29) is 17.3 Å². The number of ether oxygens (including phenoxy) is 1. The van der Waals surface area contributed by atoms with Gasteiger partial charge in [-0.2, -0.15) is 0 Å². The van der Waals surface area contributed by atoms with Gasteiger partial charge in [0.25, 0.3) is 0 Å². The maximum Gasteiger partial charge on any atom is 0.228 e. The molecule has 3 aromatic carbocycles. The monoisotopic (exact) mass is 344 g/mol. The van der Waals surface area contributed by atoms with Crippen LogP contribution in [0.4, 0.5) is 0 Å². The molecule has 0 radical (unpaired) electrons. The van der Waals surface area contributed by atoms with E-state index in [1.165, 1.54) is 0 Å². The predicted octanol–water partition coefficient (Wildman–Crippen LogP) is 5.05. The van der Waals surface area contributed by atoms with Gasteiger partial charge in [-0.25, -0.2) is 0 Å². The van der Waals surface area contributed by atoms with Crippen molar-refractivity contribution in [3.8, 4) is 22.6 Å². The molecule has 0 unspecified atom stereocenters. The number of benzene rings is 3. The van der Waals surface area contributed by atoms with E-state index in [4.69, 9.17) is 9.15 Å². The van der Waals surface area contributed by atoms with Crippen molar-refractivity contribution in [1.82, 2.24) is 0 Å². The molecule has 0 saturated heterocycles. The lowest BCUT2D eigenvalue weighted by atomic mass is 10.00. The second-order valence-electron chi connectivity index (χ2n) is 5.91. The lowest BCUT2D eigenvalue weighted by Crippen LogP contribution is -1.99. The summed E-state index contributed by atoms with van der Waals surface area (Å²) in [6.07, 6.45) is 0. The molecule has 4 nitrogen and oxygen atoms in total. The Labute approximate surface area is 150 Å². The lowest BCUT2D eigenvalue weighted by Gasteiger charge is -2.05. The number of furan rings is 1. The second kappa shape index (κ2) is 6.41. The van der Waals surface area contributed by atoms with Gasteiger partial charge in [-0.3, -0.25) is 4.79 Å². The van der Waals surface area contributed by atoms with Gasteiger partial charge in [0.2, 0.25) is 5.78 Å². The molecular weight excluding hydrogens is 328 g/mol. The van der Waals surface area contributed by atoms with E-state index < -0.39 is 0 Å². The Kier molecular flexibility index (Phi) is 3.93. The molecule has 1 N–H and O–H groups in total. The van der Waals surface area contributed by atoms with Gasteiger partial charge in [0, 0.05) is 16.5 Å². The second-order valence-corrected chi connectivity index (χ2v) is 5.91. The first-order valence-corrected chi connectivity index (χ1v) is 8.17. The largest absolute Gasteiger partial charge is 0.507 e. The third kappa shape index (κ3) is 2.71. The zero-order chi connectivity index (χ0) is 18.1. The normalized spacial score (nSPS) is 10.8. The van der Waals surface area contributed by atoms with E-state index in [0.717, 1.165) is 5.56 Å². The van der Waals surface area contributed by atoms with Crippen molar-refractivity contribution in [2.24, 2.45) is 0 Å². The van der Waals surface area contributed by atoms with Crippen LogP contribution >= 0.6 is 0 Å². The summed E-state index contributed by atoms with van der Waals surface area (Å²) in [5, 5.41) is 11.0. The van der Waals surface area contributed by atoms with Crippen molar-refractivity contribution in [3.63, 3.8) is 0 Å². The summed E-state index contributed by atoms with van der Waals surface area (Å²) in [6, 6.07) is 21.3. The van der Waals surface area contributed by atoms with Gasteiger partial charge in [0.15, 0.2) is 5.76 Å². The molecule has 0 aliphatic carbocycles. The molecule has 1 heterocycles. The maximum atomic E-state index is 12.8. The van der Waals surface area contributed by atoms with Gasteiger partial charge < -0.3 is 14.3 Å². The summed E-state index contributed by atoms with van der Waals surface area (Å²) >= 11 is 0. The number of hydrogen-bond donors (Lipinski definition) is 1. The van der Waals surface area contributed by atoms with Crippen molar-refractivity contribution >= 4 is 16.8 Å². The van der Waals surface area contributed by atoms with E-state index in [1.807, 2.05) is 30.3 Å². The molecule has 4 aromatic rings. The van der Waals surface area contributed by atoms with Crippen LogP contribution in [0.2, 0.25) is 0 Å². The van der Waals surface area contributed by atoms with E-state index in [2.05, 4.69) is 0 Å². The average molecular weight is 344 g/mol. The summed E-state index contributed by atoms with van der Waals surface area (Å²) in [5.41, 5.74) is 2.58. The number of ketones is 1. The van der Waals surface area contributed by atoms with Gasteiger partial charge in [-0.1, -0.05) is 30.3 Å². The van der Waals surface area contributed by atoms with Gasteiger partial charge in [0.05, 0.1) is 7.11 Å². The van der Waals surface area contributed by atoms with Crippen molar-refractivity contribution < 1.29 is 19.1 Å². The molecule has 0 fully saturated rings. The molecule has 0 bridgehead atoms. The Balaban J connectivity index is 1.81. The summed E-state index contributed by atoms with van der Waals surface area (Å²) < 4.78 is 10.9. The number of fused-ring (bicyclic) bond motifs is 1. The number of carbonyl (C=O) groups is 1. The standard InChI is InChI=1S/C22H16O4/c1-25-16-9-7-15(8-10-16)22(24)20-13-17-19(26-20)12-11-18(23)21(17)14-5-3-2-4-6-14/h2-13,23H,1H3.